The summed E-state index contributed by atoms with van der Waals surface area (Å²) >= 11 is 3.44. The normalized spacial score (nSPS) is 18.8. The fourth-order valence-corrected chi connectivity index (χ4v) is 6.22. The molecule has 0 radical (unpaired) electrons. The van der Waals surface area contributed by atoms with Gasteiger partial charge in [-0.3, -0.25) is 4.79 Å². The zero-order valence-corrected chi connectivity index (χ0v) is 15.9. The topological polar surface area (TPSA) is 46.1 Å². The molecule has 4 rings (SSSR count). The van der Waals surface area contributed by atoms with Crippen molar-refractivity contribution in [2.24, 2.45) is 0 Å². The van der Waals surface area contributed by atoms with Gasteiger partial charge >= 0.3 is 0 Å². The molecule has 128 valence electrons. The number of hydrogen-bond acceptors (Lipinski definition) is 5. The first-order valence-corrected chi connectivity index (χ1v) is 10.6. The summed E-state index contributed by atoms with van der Waals surface area (Å²) in [6, 6.07) is 0. The number of piperidine rings is 1. The summed E-state index contributed by atoms with van der Waals surface area (Å²) in [7, 11) is 0. The highest BCUT2D eigenvalue weighted by Gasteiger charge is 2.27. The minimum absolute atomic E-state index is 0.0856. The minimum Gasteiger partial charge on any atom is -0.342 e. The van der Waals surface area contributed by atoms with Crippen LogP contribution in [0.3, 0.4) is 0 Å². The Morgan fingerprint density at radius 2 is 1.96 bits per heavy atom. The lowest BCUT2D eigenvalue weighted by molar-refractivity contribution is -0.131. The minimum atomic E-state index is -0.0856. The highest BCUT2D eigenvalue weighted by Crippen LogP contribution is 2.41. The summed E-state index contributed by atoms with van der Waals surface area (Å²) in [6.07, 6.45) is 7.05. The Kier molecular flexibility index (Phi) is 4.52. The zero-order chi connectivity index (χ0) is 16.7. The second kappa shape index (κ2) is 6.64. The van der Waals surface area contributed by atoms with Gasteiger partial charge in [0.25, 0.3) is 0 Å². The monoisotopic (exact) mass is 361 g/mol. The Balaban J connectivity index is 1.62. The lowest BCUT2D eigenvalue weighted by atomic mass is 10.1. The third-order valence-electron chi connectivity index (χ3n) is 4.95. The van der Waals surface area contributed by atoms with Crippen LogP contribution in [0.2, 0.25) is 0 Å². The van der Waals surface area contributed by atoms with Crippen LogP contribution < -0.4 is 0 Å². The van der Waals surface area contributed by atoms with Gasteiger partial charge in [-0.2, -0.15) is 0 Å². The first-order chi connectivity index (χ1) is 11.6. The van der Waals surface area contributed by atoms with Crippen molar-refractivity contribution in [3.8, 4) is 0 Å². The standard InChI is InChI=1S/C18H23N3OS2/c1-11(18(22)21-9-4-3-5-10-21)23-16-15-13-7-6-8-14(13)24-17(15)20-12(2)19-16/h11H,3-10H2,1-2H3/t11-/m1/s1. The Labute approximate surface area is 151 Å². The van der Waals surface area contributed by atoms with Gasteiger partial charge in [0.2, 0.25) is 5.91 Å². The zero-order valence-electron chi connectivity index (χ0n) is 14.3. The number of nitrogens with zero attached hydrogens (tertiary/aromatic N) is 3. The number of fused-ring (bicyclic) bond motifs is 3. The first-order valence-electron chi connectivity index (χ1n) is 8.88. The molecular weight excluding hydrogens is 338 g/mol. The van der Waals surface area contributed by atoms with E-state index in [2.05, 4.69) is 4.98 Å². The molecule has 0 bridgehead atoms. The van der Waals surface area contributed by atoms with Crippen LogP contribution in [0.1, 0.15) is 48.9 Å². The largest absolute Gasteiger partial charge is 0.342 e. The maximum Gasteiger partial charge on any atom is 0.235 e. The lowest BCUT2D eigenvalue weighted by Crippen LogP contribution is -2.40. The molecule has 0 spiro atoms. The van der Waals surface area contributed by atoms with Crippen LogP contribution in [0.5, 0.6) is 0 Å². The summed E-state index contributed by atoms with van der Waals surface area (Å²) in [6.45, 7) is 5.80. The highest BCUT2D eigenvalue weighted by atomic mass is 32.2. The van der Waals surface area contributed by atoms with E-state index in [4.69, 9.17) is 4.98 Å². The van der Waals surface area contributed by atoms with E-state index in [-0.39, 0.29) is 11.2 Å². The Bertz CT molecular complexity index is 780. The van der Waals surface area contributed by atoms with Crippen LogP contribution in [-0.4, -0.2) is 39.1 Å². The van der Waals surface area contributed by atoms with Crippen molar-refractivity contribution >= 4 is 39.2 Å². The molecule has 0 unspecified atom stereocenters. The van der Waals surface area contributed by atoms with Crippen LogP contribution >= 0.6 is 23.1 Å². The molecular formula is C18H23N3OS2. The van der Waals surface area contributed by atoms with Crippen molar-refractivity contribution < 1.29 is 4.79 Å². The second-order valence-electron chi connectivity index (χ2n) is 6.76. The molecule has 2 aromatic heterocycles. The number of aryl methyl sites for hydroxylation is 3. The van der Waals surface area contributed by atoms with Crippen LogP contribution in [-0.2, 0) is 17.6 Å². The smallest absolute Gasteiger partial charge is 0.235 e. The van der Waals surface area contributed by atoms with Gasteiger partial charge in [-0.05, 0) is 57.9 Å². The van der Waals surface area contributed by atoms with Crippen LogP contribution in [0.4, 0.5) is 0 Å². The molecule has 2 aliphatic rings. The molecule has 0 saturated carbocycles. The first kappa shape index (κ1) is 16.3. The van der Waals surface area contributed by atoms with Gasteiger partial charge in [0, 0.05) is 23.4 Å². The van der Waals surface area contributed by atoms with Gasteiger partial charge in [-0.15, -0.1) is 11.3 Å². The summed E-state index contributed by atoms with van der Waals surface area (Å²) in [5.74, 6) is 1.07. The third-order valence-corrected chi connectivity index (χ3v) is 7.21. The van der Waals surface area contributed by atoms with E-state index in [0.717, 1.165) is 48.0 Å². The lowest BCUT2D eigenvalue weighted by Gasteiger charge is -2.29. The van der Waals surface area contributed by atoms with Crippen molar-refractivity contribution in [2.75, 3.05) is 13.1 Å². The predicted molar refractivity (Wildman–Crippen MR) is 99.9 cm³/mol. The second-order valence-corrected chi connectivity index (χ2v) is 9.17. The van der Waals surface area contributed by atoms with E-state index in [1.165, 1.54) is 35.1 Å². The van der Waals surface area contributed by atoms with E-state index in [0.29, 0.717) is 0 Å². The van der Waals surface area contributed by atoms with Gasteiger partial charge in [0.05, 0.1) is 5.25 Å². The fraction of sp³-hybridized carbons (Fsp3) is 0.611. The molecule has 1 amide bonds. The van der Waals surface area contributed by atoms with Gasteiger partial charge in [0.1, 0.15) is 15.7 Å². The van der Waals surface area contributed by atoms with E-state index >= 15 is 0 Å². The number of hydrogen-bond donors (Lipinski definition) is 0. The van der Waals surface area contributed by atoms with Crippen LogP contribution in [0.15, 0.2) is 5.03 Å². The average Bonchev–Trinajstić information content (AvgIpc) is 3.15. The van der Waals surface area contributed by atoms with Gasteiger partial charge in [-0.25, -0.2) is 9.97 Å². The quantitative estimate of drug-likeness (QED) is 0.613. The summed E-state index contributed by atoms with van der Waals surface area (Å²) in [5.41, 5.74) is 1.44. The molecule has 0 aromatic carbocycles. The van der Waals surface area contributed by atoms with Crippen molar-refractivity contribution in [3.05, 3.63) is 16.3 Å². The molecule has 1 saturated heterocycles. The number of carbonyl (C=O) groups is 1. The van der Waals surface area contributed by atoms with Crippen molar-refractivity contribution in [3.63, 3.8) is 0 Å². The van der Waals surface area contributed by atoms with Gasteiger partial charge in [-0.1, -0.05) is 11.8 Å². The number of likely N-dealkylation sites (tertiary alicyclic amines) is 1. The van der Waals surface area contributed by atoms with Gasteiger partial charge in [0.15, 0.2) is 0 Å². The number of thiophene rings is 1. The van der Waals surface area contributed by atoms with E-state index < -0.39 is 0 Å². The van der Waals surface area contributed by atoms with Crippen molar-refractivity contribution in [1.29, 1.82) is 0 Å². The third kappa shape index (κ3) is 2.94. The number of aromatic nitrogens is 2. The summed E-state index contributed by atoms with van der Waals surface area (Å²) in [4.78, 5) is 26.7. The average molecular weight is 362 g/mol. The van der Waals surface area contributed by atoms with Crippen molar-refractivity contribution in [2.45, 2.75) is 62.6 Å². The SMILES string of the molecule is Cc1nc(S[C@H](C)C(=O)N2CCCCC2)c2c3c(sc2n1)CCC3. The number of rotatable bonds is 3. The molecule has 3 heterocycles. The van der Waals surface area contributed by atoms with Crippen molar-refractivity contribution in [1.82, 2.24) is 14.9 Å². The van der Waals surface area contributed by atoms with E-state index in [1.54, 1.807) is 11.8 Å². The Hall–Kier alpha value is -1.14. The molecule has 0 N–H and O–H groups in total. The molecule has 6 heteroatoms. The number of carbonyl (C=O) groups excluding carboxylic acids is 1. The van der Waals surface area contributed by atoms with E-state index in [1.807, 2.05) is 30.1 Å². The maximum atomic E-state index is 12.8. The van der Waals surface area contributed by atoms with Crippen LogP contribution in [0.25, 0.3) is 10.2 Å². The predicted octanol–water partition coefficient (Wildman–Crippen LogP) is 3.98. The molecule has 1 atom stereocenters. The molecule has 24 heavy (non-hydrogen) atoms. The summed E-state index contributed by atoms with van der Waals surface area (Å²) in [5, 5.41) is 2.15. The summed E-state index contributed by atoms with van der Waals surface area (Å²) < 4.78 is 0. The molecule has 2 aromatic rings. The Morgan fingerprint density at radius 3 is 2.75 bits per heavy atom. The maximum absolute atomic E-state index is 12.8. The fourth-order valence-electron chi connectivity index (χ4n) is 3.74. The van der Waals surface area contributed by atoms with Crippen LogP contribution in [0, 0.1) is 6.92 Å². The molecule has 1 fully saturated rings. The Morgan fingerprint density at radius 1 is 1.17 bits per heavy atom. The number of thioether (sulfide) groups is 1. The molecule has 1 aliphatic carbocycles. The van der Waals surface area contributed by atoms with E-state index in [9.17, 15) is 4.79 Å². The van der Waals surface area contributed by atoms with Gasteiger partial charge < -0.3 is 4.90 Å². The molecule has 1 aliphatic heterocycles. The molecule has 4 nitrogen and oxygen atoms in total. The highest BCUT2D eigenvalue weighted by molar-refractivity contribution is 8.00. The number of amides is 1.